The van der Waals surface area contributed by atoms with Crippen LogP contribution in [0.1, 0.15) is 35.8 Å². The van der Waals surface area contributed by atoms with Crippen LogP contribution in [0.4, 0.5) is 5.69 Å². The lowest BCUT2D eigenvalue weighted by Crippen LogP contribution is -2.39. The molecule has 2 aliphatic heterocycles. The van der Waals surface area contributed by atoms with Gasteiger partial charge in [-0.3, -0.25) is 0 Å². The number of anilines is 1. The predicted molar refractivity (Wildman–Crippen MR) is 110 cm³/mol. The molecule has 0 N–H and O–H groups in total. The lowest BCUT2D eigenvalue weighted by atomic mass is 9.82. The van der Waals surface area contributed by atoms with Crippen LogP contribution in [0.3, 0.4) is 0 Å². The van der Waals surface area contributed by atoms with Crippen LogP contribution in [0.2, 0.25) is 51.4 Å². The minimum Gasteiger partial charge on any atom is -0.371 e. The average Bonchev–Trinajstić information content (AvgIpc) is 2.41. The second-order valence-corrected chi connectivity index (χ2v) is 21.3. The normalized spacial score (nSPS) is 24.5. The van der Waals surface area contributed by atoms with E-state index < -0.39 is 16.1 Å². The van der Waals surface area contributed by atoms with Crippen LogP contribution >= 0.6 is 0 Å². The largest absolute Gasteiger partial charge is 0.371 e. The second-order valence-electron chi connectivity index (χ2n) is 10.3. The van der Waals surface area contributed by atoms with Gasteiger partial charge < -0.3 is 4.90 Å². The highest BCUT2D eigenvalue weighted by Crippen LogP contribution is 2.48. The Morgan fingerprint density at radius 3 is 1.65 bits per heavy atom. The summed E-state index contributed by atoms with van der Waals surface area (Å²) in [6.07, 6.45) is 2.75. The smallest absolute Gasteiger partial charge is 0.0448 e. The maximum absolute atomic E-state index is 2.71. The highest BCUT2D eigenvalue weighted by Gasteiger charge is 2.35. The van der Waals surface area contributed by atoms with E-state index in [9.17, 15) is 0 Å². The first kappa shape index (κ1) is 17.3. The molecule has 0 bridgehead atoms. The molecule has 2 aliphatic rings. The first-order valence-corrected chi connectivity index (χ1v) is 16.9. The summed E-state index contributed by atoms with van der Waals surface area (Å²) in [4.78, 5) is 2.71. The number of benzene rings is 1. The fourth-order valence-corrected chi connectivity index (χ4v) is 8.58. The minimum absolute atomic E-state index is 0.818. The van der Waals surface area contributed by atoms with E-state index in [2.05, 4.69) is 62.4 Å². The quantitative estimate of drug-likeness (QED) is 0.592. The molecule has 2 atom stereocenters. The molecule has 0 saturated heterocycles. The van der Waals surface area contributed by atoms with Crippen molar-refractivity contribution in [1.29, 1.82) is 0 Å². The lowest BCUT2D eigenvalue weighted by Gasteiger charge is -2.44. The fraction of sp³-hybridized carbons (Fsp3) is 0.700. The summed E-state index contributed by atoms with van der Waals surface area (Å²) in [5.41, 5.74) is 5.05. The van der Waals surface area contributed by atoms with Gasteiger partial charge in [0, 0.05) is 34.9 Å². The highest BCUT2D eigenvalue weighted by molar-refractivity contribution is 6.76. The molecular weight excluding hydrogens is 310 g/mol. The minimum atomic E-state index is -1.01. The topological polar surface area (TPSA) is 3.24 Å². The zero-order valence-electron chi connectivity index (χ0n) is 16.1. The van der Waals surface area contributed by atoms with Crippen molar-refractivity contribution in [2.75, 3.05) is 18.0 Å². The molecule has 3 rings (SSSR count). The summed E-state index contributed by atoms with van der Waals surface area (Å²) in [7, 11) is -2.02. The van der Waals surface area contributed by atoms with Gasteiger partial charge in [-0.05, 0) is 35.8 Å². The Hall–Kier alpha value is -0.546. The third-order valence-corrected chi connectivity index (χ3v) is 8.94. The van der Waals surface area contributed by atoms with E-state index in [1.165, 1.54) is 38.0 Å². The van der Waals surface area contributed by atoms with E-state index in [4.69, 9.17) is 0 Å². The number of hydrogen-bond donors (Lipinski definition) is 0. The van der Waals surface area contributed by atoms with Crippen LogP contribution in [-0.4, -0.2) is 29.2 Å². The molecule has 23 heavy (non-hydrogen) atoms. The molecular formula is C20H35NSi2. The summed E-state index contributed by atoms with van der Waals surface area (Å²) in [6.45, 7) is 17.8. The predicted octanol–water partition coefficient (Wildman–Crippen LogP) is 6.14. The van der Waals surface area contributed by atoms with Gasteiger partial charge in [-0.25, -0.2) is 0 Å². The van der Waals surface area contributed by atoms with E-state index in [1.54, 1.807) is 16.8 Å². The summed E-state index contributed by atoms with van der Waals surface area (Å²) >= 11 is 0. The van der Waals surface area contributed by atoms with E-state index >= 15 is 0 Å². The van der Waals surface area contributed by atoms with Gasteiger partial charge in [-0.15, -0.1) is 0 Å². The maximum atomic E-state index is 2.71. The first-order valence-electron chi connectivity index (χ1n) is 9.52. The third-order valence-electron chi connectivity index (χ3n) is 5.51. The molecule has 0 fully saturated rings. The number of para-hydroxylation sites is 1. The fourth-order valence-electron chi connectivity index (χ4n) is 4.78. The molecule has 3 heteroatoms. The van der Waals surface area contributed by atoms with Crippen molar-refractivity contribution in [3.8, 4) is 0 Å². The lowest BCUT2D eigenvalue weighted by molar-refractivity contribution is 0.543. The Kier molecular flexibility index (Phi) is 4.56. The van der Waals surface area contributed by atoms with Crippen LogP contribution in [0.25, 0.3) is 0 Å². The Bertz CT molecular complexity index is 522. The van der Waals surface area contributed by atoms with E-state index in [-0.39, 0.29) is 0 Å². The molecule has 128 valence electrons. The van der Waals surface area contributed by atoms with E-state index in [0.29, 0.717) is 0 Å². The summed E-state index contributed by atoms with van der Waals surface area (Å²) in [5, 5.41) is 0. The molecule has 0 aromatic heterocycles. The van der Waals surface area contributed by atoms with E-state index in [1.807, 2.05) is 0 Å². The third kappa shape index (κ3) is 3.93. The zero-order valence-corrected chi connectivity index (χ0v) is 18.1. The molecule has 0 aliphatic carbocycles. The van der Waals surface area contributed by atoms with Gasteiger partial charge in [0.25, 0.3) is 0 Å². The van der Waals surface area contributed by atoms with Gasteiger partial charge in [0.15, 0.2) is 0 Å². The monoisotopic (exact) mass is 345 g/mol. The molecule has 1 nitrogen and oxygen atoms in total. The van der Waals surface area contributed by atoms with Crippen molar-refractivity contribution >= 4 is 21.8 Å². The van der Waals surface area contributed by atoms with Crippen LogP contribution < -0.4 is 4.90 Å². The average molecular weight is 346 g/mol. The van der Waals surface area contributed by atoms with Crippen molar-refractivity contribution in [3.63, 3.8) is 0 Å². The molecule has 0 spiro atoms. The zero-order chi connectivity index (χ0) is 16.8. The maximum Gasteiger partial charge on any atom is 0.0448 e. The SMILES string of the molecule is C[Si](C)(C)C[C@@H]1CCN2CC[C@@H](C[Si](C)(C)C)c3cccc1c32. The molecule has 0 unspecified atom stereocenters. The Morgan fingerprint density at radius 1 is 0.826 bits per heavy atom. The van der Waals surface area contributed by atoms with Crippen molar-refractivity contribution < 1.29 is 0 Å². The van der Waals surface area contributed by atoms with E-state index in [0.717, 1.165) is 11.8 Å². The Labute approximate surface area is 145 Å². The number of hydrogen-bond acceptors (Lipinski definition) is 1. The summed E-state index contributed by atoms with van der Waals surface area (Å²) < 4.78 is 0. The molecule has 0 amide bonds. The van der Waals surface area contributed by atoms with Gasteiger partial charge >= 0.3 is 0 Å². The van der Waals surface area contributed by atoms with Gasteiger partial charge in [-0.1, -0.05) is 69.6 Å². The molecule has 1 aromatic rings. The summed E-state index contributed by atoms with van der Waals surface area (Å²) in [5.74, 6) is 1.64. The van der Waals surface area contributed by atoms with Crippen molar-refractivity contribution in [1.82, 2.24) is 0 Å². The molecule has 0 radical (unpaired) electrons. The molecule has 2 heterocycles. The number of nitrogens with zero attached hydrogens (tertiary/aromatic N) is 1. The number of rotatable bonds is 4. The van der Waals surface area contributed by atoms with Gasteiger partial charge in [0.2, 0.25) is 0 Å². The van der Waals surface area contributed by atoms with Gasteiger partial charge in [0.1, 0.15) is 0 Å². The van der Waals surface area contributed by atoms with Crippen LogP contribution in [0, 0.1) is 0 Å². The Balaban J connectivity index is 1.96. The Morgan fingerprint density at radius 2 is 1.26 bits per heavy atom. The van der Waals surface area contributed by atoms with Crippen LogP contribution in [-0.2, 0) is 0 Å². The molecule has 0 saturated carbocycles. The van der Waals surface area contributed by atoms with Crippen molar-refractivity contribution in [2.45, 2.75) is 76.0 Å². The van der Waals surface area contributed by atoms with Crippen LogP contribution in [0.15, 0.2) is 18.2 Å². The van der Waals surface area contributed by atoms with Crippen molar-refractivity contribution in [2.24, 2.45) is 0 Å². The highest BCUT2D eigenvalue weighted by atomic mass is 28.3. The van der Waals surface area contributed by atoms with Gasteiger partial charge in [0.05, 0.1) is 0 Å². The van der Waals surface area contributed by atoms with Crippen molar-refractivity contribution in [3.05, 3.63) is 29.3 Å². The second kappa shape index (κ2) is 6.07. The standard InChI is InChI=1S/C20H35NSi2/c1-22(2,3)14-16-10-12-21-13-11-17(15-23(4,5)6)19-9-7-8-18(16)20(19)21/h7-9,16-17H,10-15H2,1-6H3/t16-,17-/m0/s1. The van der Waals surface area contributed by atoms with Gasteiger partial charge in [-0.2, -0.15) is 0 Å². The summed E-state index contributed by atoms with van der Waals surface area (Å²) in [6, 6.07) is 10.2. The van der Waals surface area contributed by atoms with Crippen LogP contribution in [0.5, 0.6) is 0 Å². The molecule has 1 aromatic carbocycles. The first-order chi connectivity index (χ1) is 10.6.